The van der Waals surface area contributed by atoms with E-state index in [0.717, 1.165) is 24.1 Å². The first-order valence-corrected chi connectivity index (χ1v) is 8.10. The summed E-state index contributed by atoms with van der Waals surface area (Å²) in [5.74, 6) is 0.249. The lowest BCUT2D eigenvalue weighted by molar-refractivity contribution is -0.116. The molecule has 1 aliphatic carbocycles. The fourth-order valence-corrected chi connectivity index (χ4v) is 3.70. The van der Waals surface area contributed by atoms with Crippen LogP contribution in [0, 0.1) is 0 Å². The molecule has 0 saturated heterocycles. The molecule has 1 aliphatic heterocycles. The van der Waals surface area contributed by atoms with E-state index in [1.54, 1.807) is 12.1 Å². The van der Waals surface area contributed by atoms with E-state index in [-0.39, 0.29) is 11.3 Å². The van der Waals surface area contributed by atoms with Crippen LogP contribution in [0.4, 0.5) is 5.82 Å². The molecular formula is C16H13Cl2N3O2. The van der Waals surface area contributed by atoms with Crippen LogP contribution in [-0.2, 0) is 4.79 Å². The van der Waals surface area contributed by atoms with E-state index in [0.29, 0.717) is 33.4 Å². The Kier molecular flexibility index (Phi) is 3.36. The van der Waals surface area contributed by atoms with Crippen molar-refractivity contribution in [1.82, 2.24) is 10.2 Å². The molecule has 118 valence electrons. The monoisotopic (exact) mass is 349 g/mol. The van der Waals surface area contributed by atoms with Crippen molar-refractivity contribution < 1.29 is 4.79 Å². The van der Waals surface area contributed by atoms with Crippen molar-refractivity contribution >= 4 is 34.8 Å². The van der Waals surface area contributed by atoms with Gasteiger partial charge in [-0.3, -0.25) is 19.8 Å². The van der Waals surface area contributed by atoms with Gasteiger partial charge < -0.3 is 5.32 Å². The van der Waals surface area contributed by atoms with Crippen molar-refractivity contribution in [2.75, 3.05) is 5.32 Å². The van der Waals surface area contributed by atoms with Gasteiger partial charge in [0.25, 0.3) is 5.56 Å². The third-order valence-corrected chi connectivity index (χ3v) is 5.14. The van der Waals surface area contributed by atoms with Crippen molar-refractivity contribution in [2.45, 2.75) is 25.2 Å². The van der Waals surface area contributed by atoms with E-state index in [4.69, 9.17) is 23.2 Å². The lowest BCUT2D eigenvalue weighted by Gasteiger charge is -2.31. The number of allylic oxidation sites excluding steroid dienone is 2. The number of benzene rings is 1. The van der Waals surface area contributed by atoms with Crippen LogP contribution >= 0.6 is 23.2 Å². The maximum Gasteiger partial charge on any atom is 0.270 e. The van der Waals surface area contributed by atoms with Gasteiger partial charge in [-0.1, -0.05) is 29.3 Å². The fourth-order valence-electron chi connectivity index (χ4n) is 3.39. The molecule has 4 rings (SSSR count). The van der Waals surface area contributed by atoms with Crippen LogP contribution in [0.15, 0.2) is 34.3 Å². The van der Waals surface area contributed by atoms with Crippen molar-refractivity contribution in [1.29, 1.82) is 0 Å². The van der Waals surface area contributed by atoms with Crippen LogP contribution in [0.5, 0.6) is 0 Å². The second-order valence-corrected chi connectivity index (χ2v) is 6.58. The Labute approximate surface area is 141 Å². The van der Waals surface area contributed by atoms with Crippen molar-refractivity contribution in [3.05, 3.63) is 61.0 Å². The van der Waals surface area contributed by atoms with Crippen LogP contribution in [0.3, 0.4) is 0 Å². The molecule has 2 aliphatic rings. The molecule has 1 atom stereocenters. The number of aromatic nitrogens is 2. The number of Topliss-reactive ketones (excluding diaryl/α,β-unsaturated/α-hetero) is 1. The maximum absolute atomic E-state index is 12.5. The number of carbonyl (C=O) groups is 1. The summed E-state index contributed by atoms with van der Waals surface area (Å²) in [6.45, 7) is 0. The third kappa shape index (κ3) is 2.23. The average molecular weight is 350 g/mol. The Morgan fingerprint density at radius 3 is 2.65 bits per heavy atom. The van der Waals surface area contributed by atoms with Gasteiger partial charge in [-0.25, -0.2) is 0 Å². The summed E-state index contributed by atoms with van der Waals surface area (Å²) in [4.78, 5) is 24.8. The summed E-state index contributed by atoms with van der Waals surface area (Å²) >= 11 is 12.1. The van der Waals surface area contributed by atoms with Crippen LogP contribution in [-0.4, -0.2) is 16.0 Å². The van der Waals surface area contributed by atoms with Gasteiger partial charge in [-0.05, 0) is 30.5 Å². The summed E-state index contributed by atoms with van der Waals surface area (Å²) in [5, 5.41) is 9.47. The van der Waals surface area contributed by atoms with Crippen LogP contribution in [0.1, 0.15) is 36.3 Å². The number of nitrogens with one attached hydrogen (secondary N) is 3. The Balaban J connectivity index is 1.97. The Morgan fingerprint density at radius 2 is 1.87 bits per heavy atom. The molecule has 2 aromatic rings. The molecule has 7 heteroatoms. The van der Waals surface area contributed by atoms with Crippen molar-refractivity contribution in [3.63, 3.8) is 0 Å². The average Bonchev–Trinajstić information content (AvgIpc) is 2.90. The second-order valence-electron chi connectivity index (χ2n) is 5.77. The van der Waals surface area contributed by atoms with Gasteiger partial charge in [0.1, 0.15) is 5.82 Å². The van der Waals surface area contributed by atoms with E-state index >= 15 is 0 Å². The zero-order chi connectivity index (χ0) is 16.1. The van der Waals surface area contributed by atoms with Gasteiger partial charge in [0.2, 0.25) is 0 Å². The topological polar surface area (TPSA) is 77.8 Å². The molecule has 0 radical (unpaired) electrons. The molecule has 0 bridgehead atoms. The SMILES string of the molecule is O=C1CCCC2=C1[C@@H](c1ccc(Cl)c(Cl)c1)c1c([nH][nH]c1=O)N2. The van der Waals surface area contributed by atoms with E-state index in [2.05, 4.69) is 15.5 Å². The minimum atomic E-state index is -0.432. The normalized spacial score (nSPS) is 20.1. The molecule has 3 N–H and O–H groups in total. The summed E-state index contributed by atoms with van der Waals surface area (Å²) in [6.07, 6.45) is 2.09. The molecule has 0 unspecified atom stereocenters. The van der Waals surface area contributed by atoms with Crippen molar-refractivity contribution in [2.24, 2.45) is 0 Å². The van der Waals surface area contributed by atoms with Gasteiger partial charge in [0.15, 0.2) is 5.78 Å². The third-order valence-electron chi connectivity index (χ3n) is 4.40. The van der Waals surface area contributed by atoms with Gasteiger partial charge in [0.05, 0.1) is 15.6 Å². The number of halogens is 2. The zero-order valence-corrected chi connectivity index (χ0v) is 13.5. The second kappa shape index (κ2) is 5.28. The smallest absolute Gasteiger partial charge is 0.270 e. The first-order valence-electron chi connectivity index (χ1n) is 7.35. The summed E-state index contributed by atoms with van der Waals surface area (Å²) in [5.41, 5.74) is 2.59. The number of hydrogen-bond acceptors (Lipinski definition) is 3. The number of H-pyrrole nitrogens is 2. The quantitative estimate of drug-likeness (QED) is 0.736. The molecule has 1 aromatic carbocycles. The predicted molar refractivity (Wildman–Crippen MR) is 89.2 cm³/mol. The minimum absolute atomic E-state index is 0.0704. The number of carbonyl (C=O) groups excluding carboxylic acids is 1. The summed E-state index contributed by atoms with van der Waals surface area (Å²) in [6, 6.07) is 5.23. The van der Waals surface area contributed by atoms with E-state index in [1.165, 1.54) is 0 Å². The highest BCUT2D eigenvalue weighted by molar-refractivity contribution is 6.42. The molecule has 0 saturated carbocycles. The first-order chi connectivity index (χ1) is 11.1. The highest BCUT2D eigenvalue weighted by Gasteiger charge is 2.37. The largest absolute Gasteiger partial charge is 0.343 e. The summed E-state index contributed by atoms with van der Waals surface area (Å²) < 4.78 is 0. The van der Waals surface area contributed by atoms with E-state index < -0.39 is 5.92 Å². The molecule has 2 heterocycles. The Morgan fingerprint density at radius 1 is 1.04 bits per heavy atom. The maximum atomic E-state index is 12.5. The Bertz CT molecular complexity index is 910. The lowest BCUT2D eigenvalue weighted by atomic mass is 9.77. The fraction of sp³-hybridized carbons (Fsp3) is 0.250. The lowest BCUT2D eigenvalue weighted by Crippen LogP contribution is -2.29. The highest BCUT2D eigenvalue weighted by atomic mass is 35.5. The van der Waals surface area contributed by atoms with Gasteiger partial charge >= 0.3 is 0 Å². The molecule has 0 spiro atoms. The Hall–Kier alpha value is -1.98. The molecule has 0 amide bonds. The highest BCUT2D eigenvalue weighted by Crippen LogP contribution is 2.44. The molecule has 1 aromatic heterocycles. The number of fused-ring (bicyclic) bond motifs is 1. The number of rotatable bonds is 1. The molecule has 5 nitrogen and oxygen atoms in total. The van der Waals surface area contributed by atoms with Crippen LogP contribution in [0.2, 0.25) is 10.0 Å². The van der Waals surface area contributed by atoms with Gasteiger partial charge in [-0.15, -0.1) is 0 Å². The first kappa shape index (κ1) is 14.6. The summed E-state index contributed by atoms with van der Waals surface area (Å²) in [7, 11) is 0. The van der Waals surface area contributed by atoms with Gasteiger partial charge in [-0.2, -0.15) is 0 Å². The molecular weight excluding hydrogens is 337 g/mol. The number of anilines is 1. The number of ketones is 1. The zero-order valence-electron chi connectivity index (χ0n) is 12.0. The van der Waals surface area contributed by atoms with E-state index in [1.807, 2.05) is 6.07 Å². The standard InChI is InChI=1S/C16H13Cl2N3O2/c17-8-5-4-7(6-9(8)18)12-13-10(2-1-3-11(13)22)19-15-14(12)16(23)21-20-15/h4-6,12H,1-3H2,(H3,19,20,21,23)/t12-/m1/s1. The molecule has 0 fully saturated rings. The minimum Gasteiger partial charge on any atom is -0.343 e. The van der Waals surface area contributed by atoms with Gasteiger partial charge in [0, 0.05) is 23.6 Å². The number of hydrogen-bond donors (Lipinski definition) is 3. The van der Waals surface area contributed by atoms with Crippen molar-refractivity contribution in [3.8, 4) is 0 Å². The van der Waals surface area contributed by atoms with Crippen LogP contribution in [0.25, 0.3) is 0 Å². The number of aromatic amines is 2. The predicted octanol–water partition coefficient (Wildman–Crippen LogP) is 3.57. The van der Waals surface area contributed by atoms with Crippen LogP contribution < -0.4 is 10.9 Å². The molecule has 23 heavy (non-hydrogen) atoms. The van der Waals surface area contributed by atoms with E-state index in [9.17, 15) is 9.59 Å².